The summed E-state index contributed by atoms with van der Waals surface area (Å²) in [6.45, 7) is 5.08. The molecular formula is C22H31N7O2. The van der Waals surface area contributed by atoms with Crippen LogP contribution in [-0.4, -0.2) is 76.6 Å². The smallest absolute Gasteiger partial charge is 0.225 e. The van der Waals surface area contributed by atoms with Gasteiger partial charge in [0.2, 0.25) is 5.95 Å². The second-order valence-electron chi connectivity index (χ2n) is 8.72. The first-order chi connectivity index (χ1) is 15.2. The van der Waals surface area contributed by atoms with E-state index in [0.717, 1.165) is 94.8 Å². The number of piperidine rings is 1. The van der Waals surface area contributed by atoms with Crippen molar-refractivity contribution in [1.29, 1.82) is 0 Å². The molecule has 0 aliphatic carbocycles. The molecule has 5 rings (SSSR count). The van der Waals surface area contributed by atoms with Crippen LogP contribution in [0.2, 0.25) is 0 Å². The van der Waals surface area contributed by atoms with Gasteiger partial charge in [-0.3, -0.25) is 0 Å². The van der Waals surface area contributed by atoms with E-state index in [9.17, 15) is 5.11 Å². The second-order valence-corrected chi connectivity index (χ2v) is 8.72. The third-order valence-corrected chi connectivity index (χ3v) is 6.57. The van der Waals surface area contributed by atoms with Crippen molar-refractivity contribution < 1.29 is 9.84 Å². The van der Waals surface area contributed by atoms with E-state index in [4.69, 9.17) is 9.72 Å². The lowest BCUT2D eigenvalue weighted by atomic mass is 9.96. The maximum Gasteiger partial charge on any atom is 0.225 e. The van der Waals surface area contributed by atoms with Gasteiger partial charge in [-0.2, -0.15) is 0 Å². The normalized spacial score (nSPS) is 23.3. The van der Waals surface area contributed by atoms with Crippen LogP contribution in [0.3, 0.4) is 0 Å². The number of rotatable bonds is 5. The molecule has 0 saturated carbocycles. The monoisotopic (exact) mass is 425 g/mol. The van der Waals surface area contributed by atoms with Crippen molar-refractivity contribution in [3.63, 3.8) is 0 Å². The van der Waals surface area contributed by atoms with Crippen molar-refractivity contribution in [3.8, 4) is 0 Å². The molecule has 0 aromatic carbocycles. The number of ether oxygens (including phenoxy) is 1. The molecule has 1 unspecified atom stereocenters. The molecule has 9 nitrogen and oxygen atoms in total. The zero-order chi connectivity index (χ0) is 21.0. The van der Waals surface area contributed by atoms with Gasteiger partial charge in [-0.25, -0.2) is 19.9 Å². The minimum atomic E-state index is -0.188. The van der Waals surface area contributed by atoms with Crippen LogP contribution < -0.4 is 15.1 Å². The lowest BCUT2D eigenvalue weighted by Gasteiger charge is -2.30. The average molecular weight is 426 g/mol. The molecule has 2 aromatic heterocycles. The van der Waals surface area contributed by atoms with Gasteiger partial charge in [-0.15, -0.1) is 0 Å². The molecule has 31 heavy (non-hydrogen) atoms. The molecule has 5 heterocycles. The fourth-order valence-electron chi connectivity index (χ4n) is 4.70. The number of aromatic nitrogens is 4. The number of nitrogens with one attached hydrogen (secondary N) is 1. The highest BCUT2D eigenvalue weighted by Crippen LogP contribution is 2.27. The molecule has 9 heteroatoms. The van der Waals surface area contributed by atoms with Crippen molar-refractivity contribution in [3.05, 3.63) is 30.4 Å². The van der Waals surface area contributed by atoms with Gasteiger partial charge < -0.3 is 25.0 Å². The number of hydrogen-bond donors (Lipinski definition) is 2. The molecule has 0 radical (unpaired) electrons. The van der Waals surface area contributed by atoms with Gasteiger partial charge in [0.05, 0.1) is 6.10 Å². The number of hydrogen-bond acceptors (Lipinski definition) is 9. The maximum absolute atomic E-state index is 9.74. The number of anilines is 3. The minimum Gasteiger partial charge on any atom is -0.393 e. The quantitative estimate of drug-likeness (QED) is 0.743. The van der Waals surface area contributed by atoms with Gasteiger partial charge in [0.1, 0.15) is 18.0 Å². The third-order valence-electron chi connectivity index (χ3n) is 6.57. The maximum atomic E-state index is 9.74. The number of nitrogens with zero attached hydrogens (tertiary/aromatic N) is 6. The second kappa shape index (κ2) is 9.32. The van der Waals surface area contributed by atoms with Crippen molar-refractivity contribution >= 4 is 17.6 Å². The standard InChI is InChI=1S/C22H31N7O2/c30-18-3-9-28(10-4-18)21-13-20(24-15-25-21)26-17-2-8-29(14-17)22-23-7-1-19(27-22)16-5-11-31-12-6-16/h1,7,13,15-18,30H,2-6,8-12,14H2,(H,24,25,26). The van der Waals surface area contributed by atoms with E-state index < -0.39 is 0 Å². The van der Waals surface area contributed by atoms with E-state index >= 15 is 0 Å². The Labute approximate surface area is 182 Å². The zero-order valence-corrected chi connectivity index (χ0v) is 17.9. The summed E-state index contributed by atoms with van der Waals surface area (Å²) in [5.41, 5.74) is 1.14. The summed E-state index contributed by atoms with van der Waals surface area (Å²) >= 11 is 0. The molecule has 0 bridgehead atoms. The summed E-state index contributed by atoms with van der Waals surface area (Å²) in [7, 11) is 0. The van der Waals surface area contributed by atoms with Crippen LogP contribution >= 0.6 is 0 Å². The summed E-state index contributed by atoms with van der Waals surface area (Å²) in [4.78, 5) is 22.8. The third kappa shape index (κ3) is 4.88. The lowest BCUT2D eigenvalue weighted by molar-refractivity contribution is 0.0845. The van der Waals surface area contributed by atoms with Gasteiger partial charge in [-0.05, 0) is 38.2 Å². The fraction of sp³-hybridized carbons (Fsp3) is 0.636. The Morgan fingerprint density at radius 1 is 0.968 bits per heavy atom. The Morgan fingerprint density at radius 2 is 1.77 bits per heavy atom. The Hall–Kier alpha value is -2.52. The van der Waals surface area contributed by atoms with Gasteiger partial charge >= 0.3 is 0 Å². The van der Waals surface area contributed by atoms with Crippen LogP contribution in [0, 0.1) is 0 Å². The Balaban J connectivity index is 1.20. The first-order valence-electron chi connectivity index (χ1n) is 11.4. The van der Waals surface area contributed by atoms with Crippen LogP contribution in [0.1, 0.15) is 43.7 Å². The largest absolute Gasteiger partial charge is 0.393 e. The van der Waals surface area contributed by atoms with E-state index in [0.29, 0.717) is 12.0 Å². The molecule has 3 aliphatic rings. The highest BCUT2D eigenvalue weighted by atomic mass is 16.5. The molecule has 166 valence electrons. The van der Waals surface area contributed by atoms with Crippen molar-refractivity contribution in [2.24, 2.45) is 0 Å². The molecule has 3 saturated heterocycles. The van der Waals surface area contributed by atoms with Crippen LogP contribution in [0.5, 0.6) is 0 Å². The van der Waals surface area contributed by atoms with E-state index in [-0.39, 0.29) is 6.10 Å². The lowest BCUT2D eigenvalue weighted by Crippen LogP contribution is -2.36. The van der Waals surface area contributed by atoms with Crippen LogP contribution in [0.25, 0.3) is 0 Å². The van der Waals surface area contributed by atoms with E-state index in [1.165, 1.54) is 0 Å². The number of aliphatic hydroxyl groups excluding tert-OH is 1. The van der Waals surface area contributed by atoms with Crippen LogP contribution in [-0.2, 0) is 4.74 Å². The highest BCUT2D eigenvalue weighted by Gasteiger charge is 2.26. The first-order valence-corrected chi connectivity index (χ1v) is 11.4. The molecule has 1 atom stereocenters. The Morgan fingerprint density at radius 3 is 2.61 bits per heavy atom. The molecule has 2 N–H and O–H groups in total. The molecular weight excluding hydrogens is 394 g/mol. The summed E-state index contributed by atoms with van der Waals surface area (Å²) in [5, 5.41) is 13.3. The van der Waals surface area contributed by atoms with Crippen molar-refractivity contribution in [2.75, 3.05) is 54.5 Å². The molecule has 3 fully saturated rings. The molecule has 0 spiro atoms. The summed E-state index contributed by atoms with van der Waals surface area (Å²) in [5.74, 6) is 3.07. The van der Waals surface area contributed by atoms with Crippen molar-refractivity contribution in [1.82, 2.24) is 19.9 Å². The Bertz CT molecular complexity index is 868. The molecule has 3 aliphatic heterocycles. The summed E-state index contributed by atoms with van der Waals surface area (Å²) < 4.78 is 5.49. The van der Waals surface area contributed by atoms with E-state index in [2.05, 4.69) is 30.1 Å². The predicted octanol–water partition coefficient (Wildman–Crippen LogP) is 1.81. The molecule has 0 amide bonds. The summed E-state index contributed by atoms with van der Waals surface area (Å²) in [6.07, 6.45) is 7.98. The first kappa shape index (κ1) is 20.4. The summed E-state index contributed by atoms with van der Waals surface area (Å²) in [6, 6.07) is 4.36. The molecule has 2 aromatic rings. The predicted molar refractivity (Wildman–Crippen MR) is 119 cm³/mol. The fourth-order valence-corrected chi connectivity index (χ4v) is 4.70. The topological polar surface area (TPSA) is 99.5 Å². The van der Waals surface area contributed by atoms with Crippen molar-refractivity contribution in [2.45, 2.75) is 50.2 Å². The van der Waals surface area contributed by atoms with Gasteiger partial charge in [-0.1, -0.05) is 0 Å². The van der Waals surface area contributed by atoms with Gasteiger partial charge in [0.15, 0.2) is 0 Å². The minimum absolute atomic E-state index is 0.188. The van der Waals surface area contributed by atoms with E-state index in [1.54, 1.807) is 6.33 Å². The van der Waals surface area contributed by atoms with Gasteiger partial charge in [0.25, 0.3) is 0 Å². The van der Waals surface area contributed by atoms with Gasteiger partial charge in [0, 0.05) is 69.3 Å². The zero-order valence-electron chi connectivity index (χ0n) is 17.9. The van der Waals surface area contributed by atoms with Crippen LogP contribution in [0.15, 0.2) is 24.7 Å². The average Bonchev–Trinajstić information content (AvgIpc) is 3.29. The van der Waals surface area contributed by atoms with E-state index in [1.807, 2.05) is 18.3 Å². The SMILES string of the molecule is OC1CCN(c2cc(NC3CCN(c4nccc(C5CCOCC5)n4)C3)ncn2)CC1. The number of aliphatic hydroxyl groups is 1. The Kier molecular flexibility index (Phi) is 6.13. The highest BCUT2D eigenvalue weighted by molar-refractivity contribution is 5.50. The van der Waals surface area contributed by atoms with Crippen LogP contribution in [0.4, 0.5) is 17.6 Å².